The van der Waals surface area contributed by atoms with E-state index in [4.69, 9.17) is 0 Å². The summed E-state index contributed by atoms with van der Waals surface area (Å²) in [6.45, 7) is 2.53. The molecule has 0 aromatic carbocycles. The minimum Gasteiger partial charge on any atom is -0.352 e. The highest BCUT2D eigenvalue weighted by Gasteiger charge is 2.22. The average molecular weight is 213 g/mol. The van der Waals surface area contributed by atoms with Crippen molar-refractivity contribution in [1.82, 2.24) is 15.5 Å². The quantitative estimate of drug-likeness (QED) is 0.566. The summed E-state index contributed by atoms with van der Waals surface area (Å²) in [6.07, 6.45) is 4.64. The molecular formula is C11H23N3O. The van der Waals surface area contributed by atoms with Crippen molar-refractivity contribution in [2.24, 2.45) is 0 Å². The summed E-state index contributed by atoms with van der Waals surface area (Å²) in [5.41, 5.74) is 0. The van der Waals surface area contributed by atoms with Crippen LogP contribution in [0.3, 0.4) is 0 Å². The Labute approximate surface area is 92.4 Å². The number of hydrogen-bond acceptors (Lipinski definition) is 3. The molecule has 0 aromatic rings. The van der Waals surface area contributed by atoms with Crippen LogP contribution in [0.15, 0.2) is 0 Å². The molecule has 1 aliphatic carbocycles. The molecular weight excluding hydrogens is 190 g/mol. The lowest BCUT2D eigenvalue weighted by molar-refractivity contribution is -0.120. The summed E-state index contributed by atoms with van der Waals surface area (Å²) >= 11 is 0. The number of carbonyl (C=O) groups is 1. The highest BCUT2D eigenvalue weighted by molar-refractivity contribution is 5.78. The summed E-state index contributed by atoms with van der Waals surface area (Å²) in [5, 5.41) is 6.11. The molecule has 0 heterocycles. The highest BCUT2D eigenvalue weighted by atomic mass is 16.2. The molecule has 0 saturated heterocycles. The van der Waals surface area contributed by atoms with E-state index in [1.165, 1.54) is 6.42 Å². The van der Waals surface area contributed by atoms with Gasteiger partial charge in [-0.25, -0.2) is 0 Å². The van der Waals surface area contributed by atoms with Crippen molar-refractivity contribution in [3.05, 3.63) is 0 Å². The Morgan fingerprint density at radius 2 is 2.07 bits per heavy atom. The lowest BCUT2D eigenvalue weighted by atomic mass is 10.3. The molecule has 0 aliphatic heterocycles. The van der Waals surface area contributed by atoms with Crippen molar-refractivity contribution in [2.45, 2.75) is 31.7 Å². The second-order valence-electron chi connectivity index (χ2n) is 4.53. The molecule has 0 bridgehead atoms. The Morgan fingerprint density at radius 3 is 2.67 bits per heavy atom. The molecule has 0 unspecified atom stereocenters. The molecule has 1 amide bonds. The number of carbonyl (C=O) groups excluding carboxylic acids is 1. The molecule has 2 N–H and O–H groups in total. The van der Waals surface area contributed by atoms with Gasteiger partial charge in [0.1, 0.15) is 0 Å². The van der Waals surface area contributed by atoms with Gasteiger partial charge in [0.2, 0.25) is 5.91 Å². The number of unbranched alkanes of at least 4 members (excludes halogenated alkanes) is 1. The van der Waals surface area contributed by atoms with Crippen LogP contribution >= 0.6 is 0 Å². The van der Waals surface area contributed by atoms with Crippen LogP contribution in [0.5, 0.6) is 0 Å². The largest absolute Gasteiger partial charge is 0.352 e. The Kier molecular flexibility index (Phi) is 5.65. The normalized spacial score (nSPS) is 15.7. The molecule has 0 aromatic heterocycles. The first kappa shape index (κ1) is 12.5. The minimum atomic E-state index is 0.144. The van der Waals surface area contributed by atoms with Gasteiger partial charge in [-0.3, -0.25) is 4.79 Å². The van der Waals surface area contributed by atoms with Gasteiger partial charge < -0.3 is 15.5 Å². The average Bonchev–Trinajstić information content (AvgIpc) is 2.94. The van der Waals surface area contributed by atoms with Gasteiger partial charge in [0.05, 0.1) is 6.54 Å². The lowest BCUT2D eigenvalue weighted by Gasteiger charge is -2.09. The van der Waals surface area contributed by atoms with E-state index in [2.05, 4.69) is 29.6 Å². The molecule has 0 atom stereocenters. The third-order valence-corrected chi connectivity index (χ3v) is 2.44. The number of nitrogens with one attached hydrogen (secondary N) is 2. The van der Waals surface area contributed by atoms with Crippen molar-refractivity contribution in [3.8, 4) is 0 Å². The first-order valence-corrected chi connectivity index (χ1v) is 5.83. The summed E-state index contributed by atoms with van der Waals surface area (Å²) in [5.74, 6) is 0.144. The van der Waals surface area contributed by atoms with E-state index in [1.54, 1.807) is 0 Å². The van der Waals surface area contributed by atoms with Gasteiger partial charge in [0.15, 0.2) is 0 Å². The first-order valence-electron chi connectivity index (χ1n) is 5.83. The maximum atomic E-state index is 11.3. The predicted molar refractivity (Wildman–Crippen MR) is 61.8 cm³/mol. The lowest BCUT2D eigenvalue weighted by Crippen LogP contribution is -2.35. The van der Waals surface area contributed by atoms with Crippen LogP contribution in [-0.4, -0.2) is 50.6 Å². The van der Waals surface area contributed by atoms with Crippen molar-refractivity contribution < 1.29 is 4.79 Å². The van der Waals surface area contributed by atoms with Crippen LogP contribution in [0.4, 0.5) is 0 Å². The Hall–Kier alpha value is -0.610. The standard InChI is InChI=1S/C11H23N3O/c1-14(2)8-4-3-7-12-9-11(15)13-10-5-6-10/h10,12H,3-9H2,1-2H3,(H,13,15). The van der Waals surface area contributed by atoms with Crippen molar-refractivity contribution in [1.29, 1.82) is 0 Å². The molecule has 88 valence electrons. The Balaban J connectivity index is 1.81. The number of rotatable bonds is 8. The van der Waals surface area contributed by atoms with E-state index in [0.29, 0.717) is 12.6 Å². The second kappa shape index (κ2) is 6.80. The fraction of sp³-hybridized carbons (Fsp3) is 0.909. The molecule has 1 rings (SSSR count). The zero-order chi connectivity index (χ0) is 11.1. The zero-order valence-electron chi connectivity index (χ0n) is 9.88. The second-order valence-corrected chi connectivity index (χ2v) is 4.53. The number of nitrogens with zero attached hydrogens (tertiary/aromatic N) is 1. The molecule has 1 aliphatic rings. The van der Waals surface area contributed by atoms with Gasteiger partial charge in [0.25, 0.3) is 0 Å². The SMILES string of the molecule is CN(C)CCCCNCC(=O)NC1CC1. The molecule has 4 nitrogen and oxygen atoms in total. The molecule has 0 spiro atoms. The van der Waals surface area contributed by atoms with Gasteiger partial charge >= 0.3 is 0 Å². The van der Waals surface area contributed by atoms with E-state index >= 15 is 0 Å². The Morgan fingerprint density at radius 1 is 1.33 bits per heavy atom. The van der Waals surface area contributed by atoms with Crippen LogP contribution in [0, 0.1) is 0 Å². The third-order valence-electron chi connectivity index (χ3n) is 2.44. The monoisotopic (exact) mass is 213 g/mol. The van der Waals surface area contributed by atoms with Crippen LogP contribution in [0.25, 0.3) is 0 Å². The molecule has 15 heavy (non-hydrogen) atoms. The van der Waals surface area contributed by atoms with Crippen LogP contribution in [-0.2, 0) is 4.79 Å². The van der Waals surface area contributed by atoms with Crippen molar-refractivity contribution in [3.63, 3.8) is 0 Å². The summed E-state index contributed by atoms with van der Waals surface area (Å²) in [4.78, 5) is 13.4. The smallest absolute Gasteiger partial charge is 0.234 e. The maximum Gasteiger partial charge on any atom is 0.234 e. The van der Waals surface area contributed by atoms with Gasteiger partial charge in [-0.1, -0.05) is 0 Å². The molecule has 1 saturated carbocycles. The molecule has 0 radical (unpaired) electrons. The summed E-state index contributed by atoms with van der Waals surface area (Å²) in [7, 11) is 4.16. The van der Waals surface area contributed by atoms with Gasteiger partial charge in [-0.2, -0.15) is 0 Å². The predicted octanol–water partition coefficient (Wildman–Crippen LogP) is 0.196. The Bertz CT molecular complexity index is 190. The van der Waals surface area contributed by atoms with E-state index in [9.17, 15) is 4.79 Å². The van der Waals surface area contributed by atoms with Crippen LogP contribution in [0.1, 0.15) is 25.7 Å². The zero-order valence-corrected chi connectivity index (χ0v) is 9.88. The van der Waals surface area contributed by atoms with Crippen molar-refractivity contribution >= 4 is 5.91 Å². The van der Waals surface area contributed by atoms with Gasteiger partial charge in [0, 0.05) is 6.04 Å². The van der Waals surface area contributed by atoms with Gasteiger partial charge in [-0.05, 0) is 52.9 Å². The van der Waals surface area contributed by atoms with E-state index in [-0.39, 0.29) is 5.91 Å². The fourth-order valence-corrected chi connectivity index (χ4v) is 1.39. The van der Waals surface area contributed by atoms with E-state index < -0.39 is 0 Å². The van der Waals surface area contributed by atoms with Crippen molar-refractivity contribution in [2.75, 3.05) is 33.7 Å². The third kappa shape index (κ3) is 7.33. The topological polar surface area (TPSA) is 44.4 Å². The number of hydrogen-bond donors (Lipinski definition) is 2. The van der Waals surface area contributed by atoms with E-state index in [0.717, 1.165) is 32.4 Å². The molecule has 1 fully saturated rings. The first-order chi connectivity index (χ1) is 7.18. The minimum absolute atomic E-state index is 0.144. The fourth-order valence-electron chi connectivity index (χ4n) is 1.39. The summed E-state index contributed by atoms with van der Waals surface area (Å²) in [6, 6.07) is 0.480. The molecule has 4 heteroatoms. The number of amides is 1. The van der Waals surface area contributed by atoms with E-state index in [1.807, 2.05) is 0 Å². The summed E-state index contributed by atoms with van der Waals surface area (Å²) < 4.78 is 0. The van der Waals surface area contributed by atoms with Crippen LogP contribution in [0.2, 0.25) is 0 Å². The highest BCUT2D eigenvalue weighted by Crippen LogP contribution is 2.18. The van der Waals surface area contributed by atoms with Crippen LogP contribution < -0.4 is 10.6 Å². The maximum absolute atomic E-state index is 11.3. The van der Waals surface area contributed by atoms with Gasteiger partial charge in [-0.15, -0.1) is 0 Å².